The summed E-state index contributed by atoms with van der Waals surface area (Å²) in [6, 6.07) is 0. The highest BCUT2D eigenvalue weighted by atomic mass is 16.4. The molecule has 1 rings (SSSR count). The van der Waals surface area contributed by atoms with Crippen molar-refractivity contribution in [3.05, 3.63) is 16.4 Å². The monoisotopic (exact) mass is 215 g/mol. The van der Waals surface area contributed by atoms with Crippen molar-refractivity contribution in [1.82, 2.24) is 14.7 Å². The van der Waals surface area contributed by atoms with Gasteiger partial charge in [0, 0.05) is 13.0 Å². The molecule has 7 heteroatoms. The highest BCUT2D eigenvalue weighted by Gasteiger charge is 2.10. The van der Waals surface area contributed by atoms with Gasteiger partial charge in [-0.1, -0.05) is 0 Å². The predicted octanol–water partition coefficient (Wildman–Crippen LogP) is -0.975. The van der Waals surface area contributed by atoms with Gasteiger partial charge in [0.2, 0.25) is 5.89 Å². The number of hydrogen-bond donors (Lipinski definition) is 1. The van der Waals surface area contributed by atoms with Gasteiger partial charge in [-0.2, -0.15) is 4.68 Å². The molecule has 0 aliphatic rings. The summed E-state index contributed by atoms with van der Waals surface area (Å²) in [7, 11) is 3.76. The first-order valence-electron chi connectivity index (χ1n) is 4.42. The zero-order chi connectivity index (χ0) is 11.4. The zero-order valence-corrected chi connectivity index (χ0v) is 8.63. The molecule has 84 valence electrons. The van der Waals surface area contributed by atoms with Crippen molar-refractivity contribution in [2.24, 2.45) is 0 Å². The molecule has 7 nitrogen and oxygen atoms in total. The fourth-order valence-corrected chi connectivity index (χ4v) is 0.998. The summed E-state index contributed by atoms with van der Waals surface area (Å²) < 4.78 is 5.57. The molecular weight excluding hydrogens is 202 g/mol. The third-order valence-corrected chi connectivity index (χ3v) is 1.71. The number of aliphatic carboxylic acids is 1. The van der Waals surface area contributed by atoms with Crippen molar-refractivity contribution in [1.29, 1.82) is 0 Å². The lowest BCUT2D eigenvalue weighted by atomic mass is 10.4. The van der Waals surface area contributed by atoms with Gasteiger partial charge < -0.3 is 14.4 Å². The summed E-state index contributed by atoms with van der Waals surface area (Å²) >= 11 is 0. The first-order chi connectivity index (χ1) is 6.99. The minimum absolute atomic E-state index is 0.259. The van der Waals surface area contributed by atoms with Crippen molar-refractivity contribution in [2.45, 2.75) is 13.0 Å². The molecular formula is C8H13N3O4. The molecule has 1 N–H and O–H groups in total. The Hall–Kier alpha value is -1.63. The van der Waals surface area contributed by atoms with Crippen LogP contribution in [0.2, 0.25) is 0 Å². The molecule has 0 saturated carbocycles. The average Bonchev–Trinajstić information content (AvgIpc) is 2.43. The lowest BCUT2D eigenvalue weighted by Gasteiger charge is -2.05. The lowest BCUT2D eigenvalue weighted by Crippen LogP contribution is -2.21. The minimum Gasteiger partial charge on any atom is -0.480 e. The van der Waals surface area contributed by atoms with Gasteiger partial charge in [0.1, 0.15) is 6.54 Å². The van der Waals surface area contributed by atoms with E-state index in [4.69, 9.17) is 9.52 Å². The molecule has 0 radical (unpaired) electrons. The standard InChI is InChI=1S/C8H13N3O4/c1-10(2)4-3-6-9-11(5-7(12)13)8(14)15-6/h3-5H2,1-2H3,(H,12,13). The van der Waals surface area contributed by atoms with Crippen molar-refractivity contribution < 1.29 is 14.3 Å². The van der Waals surface area contributed by atoms with E-state index in [-0.39, 0.29) is 5.89 Å². The number of nitrogens with zero attached hydrogens (tertiary/aromatic N) is 3. The number of carboxylic acids is 1. The summed E-state index contributed by atoms with van der Waals surface area (Å²) in [6.07, 6.45) is 0.481. The van der Waals surface area contributed by atoms with Crippen molar-refractivity contribution >= 4 is 5.97 Å². The van der Waals surface area contributed by atoms with Crippen LogP contribution < -0.4 is 5.76 Å². The third kappa shape index (κ3) is 3.55. The number of hydrogen-bond acceptors (Lipinski definition) is 5. The topological polar surface area (TPSA) is 88.6 Å². The van der Waals surface area contributed by atoms with E-state index < -0.39 is 18.3 Å². The molecule has 1 heterocycles. The van der Waals surface area contributed by atoms with Gasteiger partial charge in [-0.05, 0) is 14.1 Å². The SMILES string of the molecule is CN(C)CCc1nn(CC(=O)O)c(=O)o1. The summed E-state index contributed by atoms with van der Waals surface area (Å²) in [5.41, 5.74) is 0. The van der Waals surface area contributed by atoms with E-state index in [2.05, 4.69) is 5.10 Å². The number of likely N-dealkylation sites (N-methyl/N-ethyl adjacent to an activating group) is 1. The predicted molar refractivity (Wildman–Crippen MR) is 50.7 cm³/mol. The second-order valence-electron chi connectivity index (χ2n) is 3.37. The Labute approximate surface area is 85.9 Å². The second-order valence-corrected chi connectivity index (χ2v) is 3.37. The van der Waals surface area contributed by atoms with E-state index >= 15 is 0 Å². The molecule has 0 fully saturated rings. The molecule has 0 unspecified atom stereocenters. The van der Waals surface area contributed by atoms with E-state index in [9.17, 15) is 9.59 Å². The number of carboxylic acid groups (broad SMARTS) is 1. The van der Waals surface area contributed by atoms with E-state index in [1.165, 1.54) is 0 Å². The van der Waals surface area contributed by atoms with Gasteiger partial charge in [-0.3, -0.25) is 4.79 Å². The Morgan fingerprint density at radius 3 is 2.80 bits per heavy atom. The van der Waals surface area contributed by atoms with Crippen LogP contribution in [0.4, 0.5) is 0 Å². The third-order valence-electron chi connectivity index (χ3n) is 1.71. The molecule has 0 aliphatic carbocycles. The molecule has 0 spiro atoms. The van der Waals surface area contributed by atoms with Crippen LogP contribution in [0.15, 0.2) is 9.21 Å². The first kappa shape index (κ1) is 11.4. The number of aromatic nitrogens is 2. The first-order valence-corrected chi connectivity index (χ1v) is 4.42. The smallest absolute Gasteiger partial charge is 0.437 e. The Morgan fingerprint density at radius 1 is 1.60 bits per heavy atom. The largest absolute Gasteiger partial charge is 0.480 e. The van der Waals surface area contributed by atoms with E-state index in [1.807, 2.05) is 19.0 Å². The molecule has 0 bridgehead atoms. The fraction of sp³-hybridized carbons (Fsp3) is 0.625. The Morgan fingerprint density at radius 2 is 2.27 bits per heavy atom. The van der Waals surface area contributed by atoms with Crippen molar-refractivity contribution in [3.63, 3.8) is 0 Å². The van der Waals surface area contributed by atoms with Gasteiger partial charge in [-0.15, -0.1) is 5.10 Å². The summed E-state index contributed by atoms with van der Waals surface area (Å²) in [4.78, 5) is 23.3. The average molecular weight is 215 g/mol. The quantitative estimate of drug-likeness (QED) is 0.679. The van der Waals surface area contributed by atoms with Crippen LogP contribution in [0.1, 0.15) is 5.89 Å². The van der Waals surface area contributed by atoms with Crippen LogP contribution in [0.5, 0.6) is 0 Å². The van der Waals surface area contributed by atoms with Crippen LogP contribution in [-0.2, 0) is 17.8 Å². The summed E-state index contributed by atoms with van der Waals surface area (Å²) in [5, 5.41) is 12.2. The van der Waals surface area contributed by atoms with Crippen molar-refractivity contribution in [2.75, 3.05) is 20.6 Å². The number of rotatable bonds is 5. The molecule has 15 heavy (non-hydrogen) atoms. The van der Waals surface area contributed by atoms with Gasteiger partial charge >= 0.3 is 11.7 Å². The summed E-state index contributed by atoms with van der Waals surface area (Å²) in [5.74, 6) is -1.59. The minimum atomic E-state index is -1.12. The van der Waals surface area contributed by atoms with Gasteiger partial charge in [0.25, 0.3) is 0 Å². The maximum atomic E-state index is 11.1. The molecule has 0 amide bonds. The Kier molecular flexibility index (Phi) is 3.62. The van der Waals surface area contributed by atoms with Gasteiger partial charge in [0.15, 0.2) is 0 Å². The summed E-state index contributed by atoms with van der Waals surface area (Å²) in [6.45, 7) is 0.220. The highest BCUT2D eigenvalue weighted by Crippen LogP contribution is 1.93. The lowest BCUT2D eigenvalue weighted by molar-refractivity contribution is -0.138. The fourth-order valence-electron chi connectivity index (χ4n) is 0.998. The Bertz CT molecular complexity index is 393. The van der Waals surface area contributed by atoms with Crippen LogP contribution in [0.25, 0.3) is 0 Å². The van der Waals surface area contributed by atoms with Crippen LogP contribution in [0, 0.1) is 0 Å². The van der Waals surface area contributed by atoms with Crippen LogP contribution in [-0.4, -0.2) is 46.4 Å². The molecule has 0 aromatic carbocycles. The molecule has 0 atom stereocenters. The molecule has 0 aliphatic heterocycles. The van der Waals surface area contributed by atoms with Gasteiger partial charge in [-0.25, -0.2) is 4.79 Å². The molecule has 1 aromatic heterocycles. The van der Waals surface area contributed by atoms with Crippen LogP contribution in [0.3, 0.4) is 0 Å². The van der Waals surface area contributed by atoms with E-state index in [0.717, 1.165) is 4.68 Å². The maximum Gasteiger partial charge on any atom is 0.437 e. The highest BCUT2D eigenvalue weighted by molar-refractivity contribution is 5.66. The maximum absolute atomic E-state index is 11.1. The number of carbonyl (C=O) groups is 1. The van der Waals surface area contributed by atoms with Crippen molar-refractivity contribution in [3.8, 4) is 0 Å². The molecule has 0 saturated heterocycles. The zero-order valence-electron chi connectivity index (χ0n) is 8.63. The van der Waals surface area contributed by atoms with Gasteiger partial charge in [0.05, 0.1) is 0 Å². The normalized spacial score (nSPS) is 10.9. The Balaban J connectivity index is 2.68. The molecule has 1 aromatic rings. The second kappa shape index (κ2) is 4.74. The van der Waals surface area contributed by atoms with E-state index in [0.29, 0.717) is 13.0 Å². The van der Waals surface area contributed by atoms with Crippen LogP contribution >= 0.6 is 0 Å². The van der Waals surface area contributed by atoms with E-state index in [1.54, 1.807) is 0 Å².